The van der Waals surface area contributed by atoms with Crippen LogP contribution in [0.1, 0.15) is 6.42 Å². The number of benzene rings is 1. The minimum absolute atomic E-state index is 0.211. The van der Waals surface area contributed by atoms with E-state index in [1.807, 2.05) is 0 Å². The number of aliphatic hydroxyl groups excluding tert-OH is 1. The first-order chi connectivity index (χ1) is 7.59. The Bertz CT molecular complexity index is 481. The largest absolute Gasteiger partial charge is 0.391 e. The molecule has 1 aromatic rings. The van der Waals surface area contributed by atoms with Gasteiger partial charge in [-0.25, -0.2) is 13.1 Å². The topological polar surface area (TPSA) is 66.4 Å². The third kappa shape index (κ3) is 2.32. The number of sulfonamides is 1. The molecule has 1 aromatic carbocycles. The summed E-state index contributed by atoms with van der Waals surface area (Å²) in [6.07, 6.45) is 3.26. The molecule has 4 nitrogen and oxygen atoms in total. The van der Waals surface area contributed by atoms with Gasteiger partial charge in [-0.15, -0.1) is 0 Å². The van der Waals surface area contributed by atoms with Crippen LogP contribution in [0.15, 0.2) is 47.4 Å². The molecule has 0 radical (unpaired) electrons. The van der Waals surface area contributed by atoms with E-state index in [-0.39, 0.29) is 4.90 Å². The number of aliphatic hydroxyl groups is 1. The van der Waals surface area contributed by atoms with E-state index in [4.69, 9.17) is 0 Å². The maximum absolute atomic E-state index is 11.9. The first-order valence-electron chi connectivity index (χ1n) is 5.02. The molecule has 2 atom stereocenters. The van der Waals surface area contributed by atoms with Gasteiger partial charge in [0.25, 0.3) is 0 Å². The highest BCUT2D eigenvalue weighted by molar-refractivity contribution is 7.89. The molecule has 0 bridgehead atoms. The lowest BCUT2D eigenvalue weighted by Gasteiger charge is -2.15. The number of hydrogen-bond donors (Lipinski definition) is 2. The summed E-state index contributed by atoms with van der Waals surface area (Å²) in [6.45, 7) is 0. The Kier molecular flexibility index (Phi) is 3.09. The zero-order chi connectivity index (χ0) is 11.6. The summed E-state index contributed by atoms with van der Waals surface area (Å²) >= 11 is 0. The molecule has 86 valence electrons. The molecule has 1 aliphatic carbocycles. The Morgan fingerprint density at radius 1 is 1.25 bits per heavy atom. The summed E-state index contributed by atoms with van der Waals surface area (Å²) < 4.78 is 26.2. The second-order valence-corrected chi connectivity index (χ2v) is 5.41. The second-order valence-electron chi connectivity index (χ2n) is 3.69. The maximum atomic E-state index is 11.9. The Morgan fingerprint density at radius 3 is 2.50 bits per heavy atom. The van der Waals surface area contributed by atoms with E-state index in [9.17, 15) is 13.5 Å². The Hall–Kier alpha value is -1.17. The number of hydrogen-bond acceptors (Lipinski definition) is 3. The van der Waals surface area contributed by atoms with E-state index >= 15 is 0 Å². The molecule has 0 amide bonds. The van der Waals surface area contributed by atoms with Crippen LogP contribution in [0.2, 0.25) is 0 Å². The van der Waals surface area contributed by atoms with Gasteiger partial charge in [0.05, 0.1) is 17.0 Å². The molecule has 0 heterocycles. The van der Waals surface area contributed by atoms with Crippen molar-refractivity contribution in [3.63, 3.8) is 0 Å². The van der Waals surface area contributed by atoms with Gasteiger partial charge in [-0.05, 0) is 18.6 Å². The molecule has 2 N–H and O–H groups in total. The quantitative estimate of drug-likeness (QED) is 0.761. The van der Waals surface area contributed by atoms with E-state index in [0.717, 1.165) is 0 Å². The van der Waals surface area contributed by atoms with Crippen molar-refractivity contribution in [2.75, 3.05) is 0 Å². The average Bonchev–Trinajstić information content (AvgIpc) is 2.65. The van der Waals surface area contributed by atoms with Crippen LogP contribution in [0.4, 0.5) is 0 Å². The van der Waals surface area contributed by atoms with Gasteiger partial charge in [0.2, 0.25) is 10.0 Å². The van der Waals surface area contributed by atoms with E-state index in [1.165, 1.54) is 12.1 Å². The molecule has 0 aromatic heterocycles. The third-order valence-corrected chi connectivity index (χ3v) is 3.96. The van der Waals surface area contributed by atoms with Crippen LogP contribution in [-0.4, -0.2) is 25.7 Å². The molecule has 0 saturated carbocycles. The molecule has 2 rings (SSSR count). The fourth-order valence-corrected chi connectivity index (χ4v) is 2.85. The number of rotatable bonds is 3. The molecule has 0 unspecified atom stereocenters. The van der Waals surface area contributed by atoms with Crippen LogP contribution < -0.4 is 4.72 Å². The standard InChI is InChI=1S/C11H13NO3S/c13-11-8-4-7-10(11)12-16(14,15)9-5-2-1-3-6-9/h1-7,10-13H,8H2/t10-,11+/m1/s1. The lowest BCUT2D eigenvalue weighted by Crippen LogP contribution is -2.39. The van der Waals surface area contributed by atoms with Crippen molar-refractivity contribution in [1.29, 1.82) is 0 Å². The van der Waals surface area contributed by atoms with Crippen molar-refractivity contribution in [3.8, 4) is 0 Å². The lowest BCUT2D eigenvalue weighted by atomic mass is 10.2. The molecular formula is C11H13NO3S. The van der Waals surface area contributed by atoms with E-state index < -0.39 is 22.2 Å². The molecule has 0 aliphatic heterocycles. The zero-order valence-electron chi connectivity index (χ0n) is 8.58. The summed E-state index contributed by atoms with van der Waals surface area (Å²) in [5.74, 6) is 0. The summed E-state index contributed by atoms with van der Waals surface area (Å²) in [4.78, 5) is 0.211. The van der Waals surface area contributed by atoms with Gasteiger partial charge >= 0.3 is 0 Å². The number of nitrogens with one attached hydrogen (secondary N) is 1. The van der Waals surface area contributed by atoms with Crippen molar-refractivity contribution in [2.24, 2.45) is 0 Å². The van der Waals surface area contributed by atoms with Gasteiger partial charge in [-0.2, -0.15) is 0 Å². The van der Waals surface area contributed by atoms with Crippen molar-refractivity contribution >= 4 is 10.0 Å². The zero-order valence-corrected chi connectivity index (χ0v) is 9.39. The van der Waals surface area contributed by atoms with Crippen LogP contribution in [0.25, 0.3) is 0 Å². The molecule has 0 spiro atoms. The van der Waals surface area contributed by atoms with E-state index in [2.05, 4.69) is 4.72 Å². The van der Waals surface area contributed by atoms with E-state index in [1.54, 1.807) is 30.4 Å². The first kappa shape index (κ1) is 11.3. The fourth-order valence-electron chi connectivity index (χ4n) is 1.60. The van der Waals surface area contributed by atoms with Crippen molar-refractivity contribution in [2.45, 2.75) is 23.5 Å². The highest BCUT2D eigenvalue weighted by atomic mass is 32.2. The van der Waals surface area contributed by atoms with Crippen LogP contribution in [-0.2, 0) is 10.0 Å². The summed E-state index contributed by atoms with van der Waals surface area (Å²) in [6, 6.07) is 7.60. The second kappa shape index (κ2) is 4.37. The van der Waals surface area contributed by atoms with Crippen LogP contribution in [0.5, 0.6) is 0 Å². The molecule has 0 saturated heterocycles. The van der Waals surface area contributed by atoms with Gasteiger partial charge < -0.3 is 5.11 Å². The predicted molar refractivity (Wildman–Crippen MR) is 60.3 cm³/mol. The summed E-state index contributed by atoms with van der Waals surface area (Å²) in [5.41, 5.74) is 0. The lowest BCUT2D eigenvalue weighted by molar-refractivity contribution is 0.167. The third-order valence-electron chi connectivity index (χ3n) is 2.48. The van der Waals surface area contributed by atoms with Crippen molar-refractivity contribution < 1.29 is 13.5 Å². The predicted octanol–water partition coefficient (Wildman–Crippen LogP) is 0.654. The van der Waals surface area contributed by atoms with Gasteiger partial charge in [0, 0.05) is 0 Å². The van der Waals surface area contributed by atoms with Crippen LogP contribution in [0.3, 0.4) is 0 Å². The molecular weight excluding hydrogens is 226 g/mol. The molecule has 5 heteroatoms. The van der Waals surface area contributed by atoms with Crippen molar-refractivity contribution in [3.05, 3.63) is 42.5 Å². The van der Waals surface area contributed by atoms with E-state index in [0.29, 0.717) is 6.42 Å². The highest BCUT2D eigenvalue weighted by Gasteiger charge is 2.25. The van der Waals surface area contributed by atoms with Gasteiger partial charge in [0.15, 0.2) is 0 Å². The SMILES string of the molecule is O=S(=O)(N[C@@H]1C=CC[C@@H]1O)c1ccccc1. The Balaban J connectivity index is 2.18. The summed E-state index contributed by atoms with van der Waals surface area (Å²) in [5, 5.41) is 9.51. The molecule has 16 heavy (non-hydrogen) atoms. The Labute approximate surface area is 94.7 Å². The van der Waals surface area contributed by atoms with Crippen LogP contribution in [0, 0.1) is 0 Å². The van der Waals surface area contributed by atoms with Crippen molar-refractivity contribution in [1.82, 2.24) is 4.72 Å². The first-order valence-corrected chi connectivity index (χ1v) is 6.50. The minimum Gasteiger partial charge on any atom is -0.391 e. The van der Waals surface area contributed by atoms with Crippen LogP contribution >= 0.6 is 0 Å². The summed E-state index contributed by atoms with van der Waals surface area (Å²) in [7, 11) is -3.54. The normalized spacial score (nSPS) is 24.8. The smallest absolute Gasteiger partial charge is 0.241 e. The monoisotopic (exact) mass is 239 g/mol. The average molecular weight is 239 g/mol. The van der Waals surface area contributed by atoms with Gasteiger partial charge in [0.1, 0.15) is 0 Å². The van der Waals surface area contributed by atoms with Gasteiger partial charge in [-0.1, -0.05) is 30.4 Å². The molecule has 1 aliphatic rings. The fraction of sp³-hybridized carbons (Fsp3) is 0.273. The molecule has 0 fully saturated rings. The highest BCUT2D eigenvalue weighted by Crippen LogP contribution is 2.14. The maximum Gasteiger partial charge on any atom is 0.241 e. The minimum atomic E-state index is -3.54. The van der Waals surface area contributed by atoms with Gasteiger partial charge in [-0.3, -0.25) is 0 Å². The Morgan fingerprint density at radius 2 is 1.94 bits per heavy atom.